The quantitative estimate of drug-likeness (QED) is 0.853. The average Bonchev–Trinajstić information content (AvgIpc) is 2.36. The third-order valence-corrected chi connectivity index (χ3v) is 3.12. The summed E-state index contributed by atoms with van der Waals surface area (Å²) in [6, 6.07) is 8.28. The van der Waals surface area contributed by atoms with Crippen LogP contribution < -0.4 is 0 Å². The largest absolute Gasteiger partial charge is 0.393 e. The van der Waals surface area contributed by atoms with Crippen molar-refractivity contribution in [2.45, 2.75) is 38.7 Å². The molecule has 0 aliphatic rings. The van der Waals surface area contributed by atoms with Gasteiger partial charge in [-0.05, 0) is 30.2 Å². The number of aliphatic hydroxyl groups excluding tert-OH is 1. The van der Waals surface area contributed by atoms with Crippen LogP contribution in [0.1, 0.15) is 31.7 Å². The molecule has 2 rings (SSSR count). The van der Waals surface area contributed by atoms with Gasteiger partial charge < -0.3 is 5.11 Å². The van der Waals surface area contributed by atoms with Gasteiger partial charge in [0.15, 0.2) is 0 Å². The molecular formula is C15H19NO. The van der Waals surface area contributed by atoms with Crippen molar-refractivity contribution in [3.8, 4) is 0 Å². The van der Waals surface area contributed by atoms with Gasteiger partial charge in [0, 0.05) is 17.8 Å². The minimum atomic E-state index is -0.182. The maximum atomic E-state index is 9.76. The maximum absolute atomic E-state index is 9.76. The zero-order valence-electron chi connectivity index (χ0n) is 10.3. The summed E-state index contributed by atoms with van der Waals surface area (Å²) in [5.41, 5.74) is 1.23. The lowest BCUT2D eigenvalue weighted by molar-refractivity contribution is 0.154. The third-order valence-electron chi connectivity index (χ3n) is 3.12. The first-order valence-electron chi connectivity index (χ1n) is 6.31. The molecule has 1 atom stereocenters. The third kappa shape index (κ3) is 3.04. The topological polar surface area (TPSA) is 33.1 Å². The van der Waals surface area contributed by atoms with Gasteiger partial charge in [-0.25, -0.2) is 0 Å². The molecule has 0 amide bonds. The molecule has 2 heteroatoms. The van der Waals surface area contributed by atoms with Gasteiger partial charge in [0.25, 0.3) is 0 Å². The summed E-state index contributed by atoms with van der Waals surface area (Å²) in [5, 5.41) is 12.2. The molecule has 0 spiro atoms. The van der Waals surface area contributed by atoms with Crippen molar-refractivity contribution in [3.05, 3.63) is 42.2 Å². The molecule has 0 aliphatic heterocycles. The molecule has 0 aliphatic carbocycles. The van der Waals surface area contributed by atoms with Crippen LogP contribution in [0.4, 0.5) is 0 Å². The van der Waals surface area contributed by atoms with Crippen molar-refractivity contribution < 1.29 is 5.11 Å². The predicted octanol–water partition coefficient (Wildman–Crippen LogP) is 3.33. The monoisotopic (exact) mass is 229 g/mol. The fraction of sp³-hybridized carbons (Fsp3) is 0.400. The van der Waals surface area contributed by atoms with E-state index in [2.05, 4.69) is 24.0 Å². The van der Waals surface area contributed by atoms with Crippen LogP contribution in [0.25, 0.3) is 10.8 Å². The minimum Gasteiger partial charge on any atom is -0.393 e. The van der Waals surface area contributed by atoms with Crippen molar-refractivity contribution in [1.82, 2.24) is 4.98 Å². The van der Waals surface area contributed by atoms with Crippen molar-refractivity contribution in [3.63, 3.8) is 0 Å². The number of pyridine rings is 1. The van der Waals surface area contributed by atoms with E-state index in [4.69, 9.17) is 0 Å². The summed E-state index contributed by atoms with van der Waals surface area (Å²) >= 11 is 0. The van der Waals surface area contributed by atoms with E-state index < -0.39 is 0 Å². The second kappa shape index (κ2) is 5.78. The SMILES string of the molecule is CCCC(O)CCc1cncc2ccccc12. The Labute approximate surface area is 102 Å². The van der Waals surface area contributed by atoms with Gasteiger partial charge in [0.05, 0.1) is 6.10 Å². The Morgan fingerprint density at radius 3 is 2.82 bits per heavy atom. The number of rotatable bonds is 5. The summed E-state index contributed by atoms with van der Waals surface area (Å²) in [6.07, 6.45) is 7.27. The second-order valence-corrected chi connectivity index (χ2v) is 4.50. The van der Waals surface area contributed by atoms with Gasteiger partial charge in [-0.15, -0.1) is 0 Å². The summed E-state index contributed by atoms with van der Waals surface area (Å²) in [4.78, 5) is 4.26. The van der Waals surface area contributed by atoms with Gasteiger partial charge in [-0.3, -0.25) is 4.98 Å². The van der Waals surface area contributed by atoms with E-state index in [1.807, 2.05) is 24.5 Å². The molecule has 1 N–H and O–H groups in total. The molecule has 1 aromatic carbocycles. The van der Waals surface area contributed by atoms with Crippen LogP contribution in [0.2, 0.25) is 0 Å². The smallest absolute Gasteiger partial charge is 0.0543 e. The molecule has 0 radical (unpaired) electrons. The Morgan fingerprint density at radius 1 is 1.18 bits per heavy atom. The molecule has 1 unspecified atom stereocenters. The van der Waals surface area contributed by atoms with Crippen molar-refractivity contribution in [2.24, 2.45) is 0 Å². The maximum Gasteiger partial charge on any atom is 0.0543 e. The highest BCUT2D eigenvalue weighted by atomic mass is 16.3. The Kier molecular flexibility index (Phi) is 4.10. The lowest BCUT2D eigenvalue weighted by atomic mass is 10.0. The van der Waals surface area contributed by atoms with Gasteiger partial charge in [-0.2, -0.15) is 0 Å². The summed E-state index contributed by atoms with van der Waals surface area (Å²) < 4.78 is 0. The van der Waals surface area contributed by atoms with Crippen LogP contribution in [-0.2, 0) is 6.42 Å². The fourth-order valence-electron chi connectivity index (χ4n) is 2.18. The van der Waals surface area contributed by atoms with E-state index in [9.17, 15) is 5.11 Å². The minimum absolute atomic E-state index is 0.182. The molecule has 0 fully saturated rings. The lowest BCUT2D eigenvalue weighted by Gasteiger charge is -2.10. The number of hydrogen-bond acceptors (Lipinski definition) is 2. The molecule has 1 heterocycles. The van der Waals surface area contributed by atoms with Gasteiger partial charge in [0.2, 0.25) is 0 Å². The van der Waals surface area contributed by atoms with Crippen LogP contribution >= 0.6 is 0 Å². The highest BCUT2D eigenvalue weighted by Gasteiger charge is 2.05. The van der Waals surface area contributed by atoms with Crippen LogP contribution in [0.15, 0.2) is 36.7 Å². The number of benzene rings is 1. The molecule has 0 saturated carbocycles. The van der Waals surface area contributed by atoms with Gasteiger partial charge >= 0.3 is 0 Å². The van der Waals surface area contributed by atoms with Crippen LogP contribution in [0, 0.1) is 0 Å². The average molecular weight is 229 g/mol. The van der Waals surface area contributed by atoms with Gasteiger partial charge in [-0.1, -0.05) is 37.6 Å². The highest BCUT2D eigenvalue weighted by Crippen LogP contribution is 2.19. The predicted molar refractivity (Wildman–Crippen MR) is 71.0 cm³/mol. The Balaban J connectivity index is 2.13. The second-order valence-electron chi connectivity index (χ2n) is 4.50. The van der Waals surface area contributed by atoms with E-state index in [1.165, 1.54) is 16.3 Å². The Morgan fingerprint density at radius 2 is 2.00 bits per heavy atom. The normalized spacial score (nSPS) is 12.8. The first-order chi connectivity index (χ1) is 8.31. The highest BCUT2D eigenvalue weighted by molar-refractivity contribution is 5.84. The standard InChI is InChI=1S/C15H19NO/c1-2-5-14(17)9-8-13-11-16-10-12-6-3-4-7-15(12)13/h3-4,6-7,10-11,14,17H,2,5,8-9H2,1H3. The number of nitrogens with zero attached hydrogens (tertiary/aromatic N) is 1. The number of aliphatic hydroxyl groups is 1. The van der Waals surface area contributed by atoms with E-state index in [0.29, 0.717) is 0 Å². The van der Waals surface area contributed by atoms with Crippen LogP contribution in [0.3, 0.4) is 0 Å². The Hall–Kier alpha value is -1.41. The first-order valence-corrected chi connectivity index (χ1v) is 6.31. The molecular weight excluding hydrogens is 210 g/mol. The summed E-state index contributed by atoms with van der Waals surface area (Å²) in [7, 11) is 0. The lowest BCUT2D eigenvalue weighted by Crippen LogP contribution is -2.07. The molecule has 17 heavy (non-hydrogen) atoms. The number of aryl methyl sites for hydroxylation is 1. The van der Waals surface area contributed by atoms with Crippen molar-refractivity contribution >= 4 is 10.8 Å². The molecule has 0 bridgehead atoms. The Bertz CT molecular complexity index is 476. The van der Waals surface area contributed by atoms with Crippen molar-refractivity contribution in [1.29, 1.82) is 0 Å². The van der Waals surface area contributed by atoms with Gasteiger partial charge in [0.1, 0.15) is 0 Å². The fourth-order valence-corrected chi connectivity index (χ4v) is 2.18. The molecule has 90 valence electrons. The molecule has 2 aromatic rings. The zero-order valence-corrected chi connectivity index (χ0v) is 10.3. The van der Waals surface area contributed by atoms with Crippen LogP contribution in [0.5, 0.6) is 0 Å². The van der Waals surface area contributed by atoms with Crippen LogP contribution in [-0.4, -0.2) is 16.2 Å². The molecule has 1 aromatic heterocycles. The number of aromatic nitrogens is 1. The number of fused-ring (bicyclic) bond motifs is 1. The van der Waals surface area contributed by atoms with E-state index >= 15 is 0 Å². The number of hydrogen-bond donors (Lipinski definition) is 1. The van der Waals surface area contributed by atoms with E-state index in [0.717, 1.165) is 25.7 Å². The van der Waals surface area contributed by atoms with E-state index in [-0.39, 0.29) is 6.10 Å². The van der Waals surface area contributed by atoms with E-state index in [1.54, 1.807) is 0 Å². The molecule has 0 saturated heterocycles. The van der Waals surface area contributed by atoms with Crippen molar-refractivity contribution in [2.75, 3.05) is 0 Å². The zero-order chi connectivity index (χ0) is 12.1. The summed E-state index contributed by atoms with van der Waals surface area (Å²) in [5.74, 6) is 0. The summed E-state index contributed by atoms with van der Waals surface area (Å²) in [6.45, 7) is 2.10. The molecule has 2 nitrogen and oxygen atoms in total. The first kappa shape index (κ1) is 12.1.